The maximum atomic E-state index is 13.6. The molecule has 0 unspecified atom stereocenters. The summed E-state index contributed by atoms with van der Waals surface area (Å²) in [4.78, 5) is 14.3. The third kappa shape index (κ3) is 2.22. The highest BCUT2D eigenvalue weighted by molar-refractivity contribution is 5.86. The molecule has 0 saturated heterocycles. The van der Waals surface area contributed by atoms with Crippen LogP contribution < -0.4 is 4.74 Å². The Balaban J connectivity index is 2.64. The van der Waals surface area contributed by atoms with Crippen molar-refractivity contribution >= 4 is 16.9 Å². The number of hydrogen-bond donors (Lipinski definition) is 1. The molecule has 0 aliphatic rings. The van der Waals surface area contributed by atoms with Crippen molar-refractivity contribution in [1.29, 1.82) is 0 Å². The minimum absolute atomic E-state index is 0.0306. The fourth-order valence-corrected chi connectivity index (χ4v) is 1.61. The quantitative estimate of drug-likeness (QED) is 0.911. The Morgan fingerprint density at radius 3 is 2.72 bits per heavy atom. The van der Waals surface area contributed by atoms with E-state index < -0.39 is 24.2 Å². The lowest BCUT2D eigenvalue weighted by molar-refractivity contribution is -0.139. The summed E-state index contributed by atoms with van der Waals surface area (Å²) in [6.07, 6.45) is 0. The Morgan fingerprint density at radius 1 is 1.39 bits per heavy atom. The Kier molecular flexibility index (Phi) is 3.10. The zero-order valence-corrected chi connectivity index (χ0v) is 9.41. The smallest absolute Gasteiger partial charge is 0.341 e. The number of pyridine rings is 1. The molecule has 0 fully saturated rings. The van der Waals surface area contributed by atoms with Crippen molar-refractivity contribution in [2.75, 3.05) is 6.61 Å². The van der Waals surface area contributed by atoms with Crippen LogP contribution in [0.25, 0.3) is 10.9 Å². The van der Waals surface area contributed by atoms with Crippen LogP contribution in [-0.4, -0.2) is 22.7 Å². The van der Waals surface area contributed by atoms with Crippen LogP contribution in [0.4, 0.5) is 8.78 Å². The number of benzene rings is 1. The number of rotatable bonds is 3. The summed E-state index contributed by atoms with van der Waals surface area (Å²) in [6, 6.07) is 3.28. The highest BCUT2D eigenvalue weighted by Gasteiger charge is 2.14. The van der Waals surface area contributed by atoms with E-state index in [9.17, 15) is 13.6 Å². The molecule has 0 amide bonds. The minimum atomic E-state index is -1.20. The number of aliphatic carboxylic acids is 1. The van der Waals surface area contributed by atoms with Crippen LogP contribution in [0.2, 0.25) is 0 Å². The van der Waals surface area contributed by atoms with Gasteiger partial charge in [0.05, 0.1) is 5.39 Å². The Hall–Kier alpha value is -2.24. The van der Waals surface area contributed by atoms with Gasteiger partial charge in [-0.1, -0.05) is 0 Å². The van der Waals surface area contributed by atoms with Crippen LogP contribution in [0.5, 0.6) is 5.75 Å². The van der Waals surface area contributed by atoms with Crippen molar-refractivity contribution in [3.63, 3.8) is 0 Å². The second kappa shape index (κ2) is 4.56. The number of carbonyl (C=O) groups is 1. The van der Waals surface area contributed by atoms with E-state index in [4.69, 9.17) is 9.84 Å². The topological polar surface area (TPSA) is 59.4 Å². The molecule has 1 heterocycles. The average molecular weight is 253 g/mol. The molecule has 94 valence electrons. The third-order valence-corrected chi connectivity index (χ3v) is 2.30. The molecule has 0 atom stereocenters. The minimum Gasteiger partial charge on any atom is -0.481 e. The second-order valence-corrected chi connectivity index (χ2v) is 3.70. The van der Waals surface area contributed by atoms with Gasteiger partial charge in [-0.05, 0) is 19.1 Å². The fraction of sp³-hybridized carbons (Fsp3) is 0.167. The molecular weight excluding hydrogens is 244 g/mol. The van der Waals surface area contributed by atoms with E-state index in [1.807, 2.05) is 0 Å². The van der Waals surface area contributed by atoms with Crippen molar-refractivity contribution in [1.82, 2.24) is 4.98 Å². The van der Waals surface area contributed by atoms with Gasteiger partial charge < -0.3 is 9.84 Å². The first kappa shape index (κ1) is 12.2. The van der Waals surface area contributed by atoms with Crippen molar-refractivity contribution in [2.45, 2.75) is 6.92 Å². The summed E-state index contributed by atoms with van der Waals surface area (Å²) in [5.74, 6) is -2.62. The molecule has 6 heteroatoms. The van der Waals surface area contributed by atoms with Crippen LogP contribution in [0.3, 0.4) is 0 Å². The number of ether oxygens (including phenoxy) is 1. The van der Waals surface area contributed by atoms with E-state index in [2.05, 4.69) is 4.98 Å². The van der Waals surface area contributed by atoms with E-state index in [0.29, 0.717) is 5.69 Å². The van der Waals surface area contributed by atoms with Gasteiger partial charge in [0.1, 0.15) is 22.9 Å². The first-order chi connectivity index (χ1) is 8.49. The molecule has 0 spiro atoms. The predicted octanol–water partition coefficient (Wildman–Crippen LogP) is 2.28. The van der Waals surface area contributed by atoms with Crippen LogP contribution in [0.1, 0.15) is 5.69 Å². The molecule has 0 aliphatic heterocycles. The van der Waals surface area contributed by atoms with Crippen molar-refractivity contribution in [3.8, 4) is 5.75 Å². The number of carboxylic acids is 1. The van der Waals surface area contributed by atoms with Crippen LogP contribution >= 0.6 is 0 Å². The molecule has 4 nitrogen and oxygen atoms in total. The Morgan fingerprint density at radius 2 is 2.06 bits per heavy atom. The lowest BCUT2D eigenvalue weighted by Crippen LogP contribution is -2.10. The number of fused-ring (bicyclic) bond motifs is 1. The molecule has 1 aromatic carbocycles. The van der Waals surface area contributed by atoms with E-state index >= 15 is 0 Å². The van der Waals surface area contributed by atoms with Gasteiger partial charge in [-0.2, -0.15) is 0 Å². The second-order valence-electron chi connectivity index (χ2n) is 3.70. The molecule has 1 N–H and O–H groups in total. The standard InChI is InChI=1S/C12H9F2NO3/c1-6-4-9(18-5-10(16)17)11-7(13)2-3-8(14)12(11)15-6/h2-4H,5H2,1H3,(H,16,17). The number of nitrogens with zero attached hydrogens (tertiary/aromatic N) is 1. The van der Waals surface area contributed by atoms with Crippen LogP contribution in [0, 0.1) is 18.6 Å². The molecule has 2 aromatic rings. The van der Waals surface area contributed by atoms with Crippen molar-refractivity contribution in [2.24, 2.45) is 0 Å². The normalized spacial score (nSPS) is 10.6. The summed E-state index contributed by atoms with van der Waals surface area (Å²) in [5.41, 5.74) is 0.239. The molecule has 0 bridgehead atoms. The summed E-state index contributed by atoms with van der Waals surface area (Å²) in [5, 5.41) is 8.38. The summed E-state index contributed by atoms with van der Waals surface area (Å²) < 4.78 is 32.1. The molecule has 1 aromatic heterocycles. The van der Waals surface area contributed by atoms with Crippen molar-refractivity contribution < 1.29 is 23.4 Å². The van der Waals surface area contributed by atoms with Gasteiger partial charge in [-0.15, -0.1) is 0 Å². The van der Waals surface area contributed by atoms with Crippen molar-refractivity contribution in [3.05, 3.63) is 35.5 Å². The number of aryl methyl sites for hydroxylation is 1. The van der Waals surface area contributed by atoms with Gasteiger partial charge in [-0.25, -0.2) is 18.6 Å². The molecule has 2 rings (SSSR count). The third-order valence-electron chi connectivity index (χ3n) is 2.30. The lowest BCUT2D eigenvalue weighted by Gasteiger charge is -2.09. The van der Waals surface area contributed by atoms with Gasteiger partial charge in [0.15, 0.2) is 6.61 Å². The first-order valence-corrected chi connectivity index (χ1v) is 5.09. The zero-order chi connectivity index (χ0) is 13.3. The molecule has 18 heavy (non-hydrogen) atoms. The SMILES string of the molecule is Cc1cc(OCC(=O)O)c2c(F)ccc(F)c2n1. The number of carboxylic acid groups (broad SMARTS) is 1. The van der Waals surface area contributed by atoms with E-state index in [1.54, 1.807) is 6.92 Å². The summed E-state index contributed by atoms with van der Waals surface area (Å²) in [7, 11) is 0. The fourth-order valence-electron chi connectivity index (χ4n) is 1.61. The van der Waals surface area contributed by atoms with Crippen LogP contribution in [-0.2, 0) is 4.79 Å². The highest BCUT2D eigenvalue weighted by atomic mass is 19.1. The maximum absolute atomic E-state index is 13.6. The van der Waals surface area contributed by atoms with Gasteiger partial charge in [0.25, 0.3) is 0 Å². The monoisotopic (exact) mass is 253 g/mol. The largest absolute Gasteiger partial charge is 0.481 e. The van der Waals surface area contributed by atoms with Gasteiger partial charge in [0, 0.05) is 11.8 Å². The first-order valence-electron chi connectivity index (χ1n) is 5.09. The van der Waals surface area contributed by atoms with Crippen LogP contribution in [0.15, 0.2) is 18.2 Å². The van der Waals surface area contributed by atoms with Gasteiger partial charge in [-0.3, -0.25) is 0 Å². The van der Waals surface area contributed by atoms with E-state index in [1.165, 1.54) is 6.07 Å². The maximum Gasteiger partial charge on any atom is 0.341 e. The number of halogens is 2. The number of hydrogen-bond acceptors (Lipinski definition) is 3. The summed E-state index contributed by atoms with van der Waals surface area (Å²) in [6.45, 7) is 0.950. The zero-order valence-electron chi connectivity index (χ0n) is 9.41. The summed E-state index contributed by atoms with van der Waals surface area (Å²) >= 11 is 0. The predicted molar refractivity (Wildman–Crippen MR) is 59.5 cm³/mol. The molecule has 0 aliphatic carbocycles. The lowest BCUT2D eigenvalue weighted by atomic mass is 10.1. The Bertz CT molecular complexity index is 628. The average Bonchev–Trinajstić information content (AvgIpc) is 2.30. The van der Waals surface area contributed by atoms with Gasteiger partial charge >= 0.3 is 5.97 Å². The van der Waals surface area contributed by atoms with E-state index in [-0.39, 0.29) is 16.7 Å². The molecule has 0 radical (unpaired) electrons. The van der Waals surface area contributed by atoms with E-state index in [0.717, 1.165) is 12.1 Å². The molecular formula is C12H9F2NO3. The molecule has 0 saturated carbocycles. The number of aromatic nitrogens is 1. The Labute approximate surface area is 101 Å². The highest BCUT2D eigenvalue weighted by Crippen LogP contribution is 2.29. The van der Waals surface area contributed by atoms with Gasteiger partial charge in [0.2, 0.25) is 0 Å².